The number of nitrogens with zero attached hydrogens (tertiary/aromatic N) is 3. The summed E-state index contributed by atoms with van der Waals surface area (Å²) in [6, 6.07) is 42.7. The van der Waals surface area contributed by atoms with E-state index in [0.29, 0.717) is 17.5 Å². The minimum atomic E-state index is 0.588. The van der Waals surface area contributed by atoms with E-state index in [0.717, 1.165) is 71.3 Å². The molecular weight excluding hydrogens is 518 g/mol. The summed E-state index contributed by atoms with van der Waals surface area (Å²) in [5, 5.41) is 6.15. The Morgan fingerprint density at radius 3 is 1.81 bits per heavy atom. The molecule has 0 amide bonds. The molecule has 0 radical (unpaired) electrons. The minimum Gasteiger partial charge on any atom is -0.456 e. The van der Waals surface area contributed by atoms with E-state index in [-0.39, 0.29) is 0 Å². The van der Waals surface area contributed by atoms with Crippen LogP contribution >= 0.6 is 0 Å². The fourth-order valence-electron chi connectivity index (χ4n) is 6.07. The quantitative estimate of drug-likeness (QED) is 0.224. The molecule has 9 aromatic rings. The molecule has 0 unspecified atom stereocenters. The van der Waals surface area contributed by atoms with Crippen LogP contribution in [-0.4, -0.2) is 15.0 Å². The molecule has 3 aromatic heterocycles. The van der Waals surface area contributed by atoms with Crippen molar-refractivity contribution in [3.63, 3.8) is 0 Å². The molecule has 0 saturated carbocycles. The largest absolute Gasteiger partial charge is 0.456 e. The van der Waals surface area contributed by atoms with Crippen molar-refractivity contribution in [2.45, 2.75) is 0 Å². The van der Waals surface area contributed by atoms with E-state index in [1.54, 1.807) is 0 Å². The van der Waals surface area contributed by atoms with Crippen LogP contribution in [0, 0.1) is 0 Å². The van der Waals surface area contributed by atoms with Crippen LogP contribution in [0.2, 0.25) is 0 Å². The second kappa shape index (κ2) is 8.85. The van der Waals surface area contributed by atoms with Gasteiger partial charge in [-0.2, -0.15) is 0 Å². The number of fused-ring (bicyclic) bond motifs is 7. The Kier molecular flexibility index (Phi) is 4.83. The monoisotopic (exact) mass is 539 g/mol. The fraction of sp³-hybridized carbons (Fsp3) is 0. The fourth-order valence-corrected chi connectivity index (χ4v) is 6.07. The molecule has 0 N–H and O–H groups in total. The Morgan fingerprint density at radius 1 is 0.405 bits per heavy atom. The zero-order valence-corrected chi connectivity index (χ0v) is 22.3. The molecular formula is C37H21N3O2. The highest BCUT2D eigenvalue weighted by molar-refractivity contribution is 6.20. The summed E-state index contributed by atoms with van der Waals surface area (Å²) in [7, 11) is 0. The first-order valence-electron chi connectivity index (χ1n) is 13.9. The molecule has 5 heteroatoms. The Labute approximate surface area is 239 Å². The van der Waals surface area contributed by atoms with Crippen LogP contribution in [0.5, 0.6) is 0 Å². The molecule has 9 rings (SSSR count). The van der Waals surface area contributed by atoms with Gasteiger partial charge in [0.2, 0.25) is 0 Å². The van der Waals surface area contributed by atoms with Gasteiger partial charge < -0.3 is 8.83 Å². The van der Waals surface area contributed by atoms with Crippen molar-refractivity contribution in [2.24, 2.45) is 0 Å². The third kappa shape index (κ3) is 3.40. The second-order valence-electron chi connectivity index (χ2n) is 10.4. The number of furan rings is 2. The van der Waals surface area contributed by atoms with Crippen molar-refractivity contribution >= 4 is 54.6 Å². The van der Waals surface area contributed by atoms with Gasteiger partial charge in [0.25, 0.3) is 0 Å². The molecule has 0 aliphatic heterocycles. The van der Waals surface area contributed by atoms with Crippen LogP contribution in [0.15, 0.2) is 136 Å². The molecule has 6 aromatic carbocycles. The molecule has 0 saturated heterocycles. The van der Waals surface area contributed by atoms with Crippen LogP contribution in [0.3, 0.4) is 0 Å². The van der Waals surface area contributed by atoms with Gasteiger partial charge in [-0.25, -0.2) is 15.0 Å². The van der Waals surface area contributed by atoms with Gasteiger partial charge in [0.15, 0.2) is 17.5 Å². The molecule has 0 bridgehead atoms. The molecule has 196 valence electrons. The smallest absolute Gasteiger partial charge is 0.165 e. The van der Waals surface area contributed by atoms with Crippen molar-refractivity contribution in [2.75, 3.05) is 0 Å². The molecule has 0 aliphatic rings. The lowest BCUT2D eigenvalue weighted by atomic mass is 9.97. The maximum absolute atomic E-state index is 6.36. The van der Waals surface area contributed by atoms with Crippen LogP contribution in [0.4, 0.5) is 0 Å². The molecule has 0 fully saturated rings. The summed E-state index contributed by atoms with van der Waals surface area (Å²) in [5.74, 6) is 1.79. The zero-order chi connectivity index (χ0) is 27.6. The summed E-state index contributed by atoms with van der Waals surface area (Å²) in [6.07, 6.45) is 0. The molecule has 42 heavy (non-hydrogen) atoms. The SMILES string of the molecule is c1ccc(-c2nc(-c3cccc4oc5ccccc5c34)nc(-c3c4ccccc4cc4oc5ccccc5c34)n2)cc1. The number of hydrogen-bond donors (Lipinski definition) is 0. The van der Waals surface area contributed by atoms with Gasteiger partial charge in [-0.15, -0.1) is 0 Å². The highest BCUT2D eigenvalue weighted by atomic mass is 16.3. The van der Waals surface area contributed by atoms with E-state index in [2.05, 4.69) is 42.5 Å². The van der Waals surface area contributed by atoms with Gasteiger partial charge in [-0.05, 0) is 35.0 Å². The molecule has 5 nitrogen and oxygen atoms in total. The van der Waals surface area contributed by atoms with Gasteiger partial charge in [0.05, 0.1) is 0 Å². The Bertz CT molecular complexity index is 2470. The predicted octanol–water partition coefficient (Wildman–Crippen LogP) is 9.82. The number of hydrogen-bond acceptors (Lipinski definition) is 5. The lowest BCUT2D eigenvalue weighted by Gasteiger charge is -2.12. The van der Waals surface area contributed by atoms with E-state index >= 15 is 0 Å². The number of aromatic nitrogens is 3. The first-order valence-corrected chi connectivity index (χ1v) is 13.9. The van der Waals surface area contributed by atoms with E-state index in [4.69, 9.17) is 23.8 Å². The van der Waals surface area contributed by atoms with Gasteiger partial charge in [-0.3, -0.25) is 0 Å². The highest BCUT2D eigenvalue weighted by Gasteiger charge is 2.22. The van der Waals surface area contributed by atoms with Crippen LogP contribution in [0.1, 0.15) is 0 Å². The second-order valence-corrected chi connectivity index (χ2v) is 10.4. The number of rotatable bonds is 3. The molecule has 0 aliphatic carbocycles. The highest BCUT2D eigenvalue weighted by Crippen LogP contribution is 2.42. The lowest BCUT2D eigenvalue weighted by Crippen LogP contribution is -2.01. The number of benzene rings is 6. The van der Waals surface area contributed by atoms with E-state index in [1.807, 2.05) is 84.9 Å². The Morgan fingerprint density at radius 2 is 1.00 bits per heavy atom. The van der Waals surface area contributed by atoms with Gasteiger partial charge in [-0.1, -0.05) is 103 Å². The van der Waals surface area contributed by atoms with Crippen LogP contribution in [0.25, 0.3) is 88.8 Å². The van der Waals surface area contributed by atoms with Gasteiger partial charge >= 0.3 is 0 Å². The van der Waals surface area contributed by atoms with E-state index in [1.165, 1.54) is 0 Å². The average molecular weight is 540 g/mol. The minimum absolute atomic E-state index is 0.588. The van der Waals surface area contributed by atoms with E-state index < -0.39 is 0 Å². The summed E-state index contributed by atoms with van der Waals surface area (Å²) in [4.78, 5) is 15.4. The van der Waals surface area contributed by atoms with Crippen LogP contribution < -0.4 is 0 Å². The molecule has 0 spiro atoms. The van der Waals surface area contributed by atoms with Crippen LogP contribution in [-0.2, 0) is 0 Å². The summed E-state index contributed by atoms with van der Waals surface area (Å²) in [5.41, 5.74) is 6.00. The van der Waals surface area contributed by atoms with Gasteiger partial charge in [0.1, 0.15) is 22.3 Å². The van der Waals surface area contributed by atoms with Crippen molar-refractivity contribution < 1.29 is 8.83 Å². The van der Waals surface area contributed by atoms with Crippen molar-refractivity contribution in [3.8, 4) is 34.2 Å². The van der Waals surface area contributed by atoms with E-state index in [9.17, 15) is 0 Å². The first-order chi connectivity index (χ1) is 20.8. The summed E-state index contributed by atoms with van der Waals surface area (Å²) >= 11 is 0. The van der Waals surface area contributed by atoms with Crippen molar-refractivity contribution in [3.05, 3.63) is 127 Å². The molecule has 3 heterocycles. The first kappa shape index (κ1) is 22.9. The molecule has 0 atom stereocenters. The third-order valence-corrected chi connectivity index (χ3v) is 7.92. The van der Waals surface area contributed by atoms with Crippen molar-refractivity contribution in [1.82, 2.24) is 15.0 Å². The van der Waals surface area contributed by atoms with Crippen molar-refractivity contribution in [1.29, 1.82) is 0 Å². The maximum atomic E-state index is 6.36. The number of para-hydroxylation sites is 2. The zero-order valence-electron chi connectivity index (χ0n) is 22.3. The average Bonchev–Trinajstić information content (AvgIpc) is 3.62. The topological polar surface area (TPSA) is 65.0 Å². The summed E-state index contributed by atoms with van der Waals surface area (Å²) < 4.78 is 12.6. The maximum Gasteiger partial charge on any atom is 0.165 e. The standard InChI is InChI=1S/C37H21N3O2/c1-2-11-22(12-3-1)35-38-36(27-17-10-20-30-32(27)25-15-6-8-18-28(25)41-30)40-37(39-35)34-24-14-5-4-13-23(24)21-31-33(34)26-16-7-9-19-29(26)42-31/h1-21H. The normalized spacial score (nSPS) is 11.8. The summed E-state index contributed by atoms with van der Waals surface area (Å²) in [6.45, 7) is 0. The Balaban J connectivity index is 1.43. The van der Waals surface area contributed by atoms with Gasteiger partial charge in [0, 0.05) is 38.2 Å². The lowest BCUT2D eigenvalue weighted by molar-refractivity contribution is 0.669. The Hall–Kier alpha value is -5.81. The third-order valence-electron chi connectivity index (χ3n) is 7.92. The predicted molar refractivity (Wildman–Crippen MR) is 168 cm³/mol.